The number of aryl methyl sites for hydroxylation is 1. The Morgan fingerprint density at radius 1 is 1.17 bits per heavy atom. The lowest BCUT2D eigenvalue weighted by Crippen LogP contribution is -2.44. The number of anilines is 2. The SMILES string of the molecule is CCc1nc(N2CCNCC2)nc(N2CCOCC2)c1[N+](=O)[O-]. The van der Waals surface area contributed by atoms with Crippen molar-refractivity contribution in [3.05, 3.63) is 15.8 Å². The first-order valence-corrected chi connectivity index (χ1v) is 8.04. The van der Waals surface area contributed by atoms with E-state index in [4.69, 9.17) is 4.74 Å². The maximum atomic E-state index is 11.6. The van der Waals surface area contributed by atoms with Crippen LogP contribution in [0.4, 0.5) is 17.5 Å². The third kappa shape index (κ3) is 3.35. The van der Waals surface area contributed by atoms with Gasteiger partial charge < -0.3 is 19.9 Å². The monoisotopic (exact) mass is 322 g/mol. The summed E-state index contributed by atoms with van der Waals surface area (Å²) in [5.74, 6) is 1.02. The Morgan fingerprint density at radius 3 is 2.48 bits per heavy atom. The molecule has 0 unspecified atom stereocenters. The molecule has 0 bridgehead atoms. The second kappa shape index (κ2) is 7.05. The molecule has 9 heteroatoms. The molecule has 0 spiro atoms. The fraction of sp³-hybridized carbons (Fsp3) is 0.714. The van der Waals surface area contributed by atoms with Gasteiger partial charge in [-0.15, -0.1) is 0 Å². The number of morpholine rings is 1. The fourth-order valence-electron chi connectivity index (χ4n) is 2.91. The van der Waals surface area contributed by atoms with E-state index in [9.17, 15) is 10.1 Å². The molecule has 0 aliphatic carbocycles. The lowest BCUT2D eigenvalue weighted by Gasteiger charge is -2.31. The van der Waals surface area contributed by atoms with Crippen molar-refractivity contribution in [1.29, 1.82) is 0 Å². The first-order valence-electron chi connectivity index (χ1n) is 8.04. The molecule has 1 aromatic rings. The van der Waals surface area contributed by atoms with Crippen molar-refractivity contribution in [2.24, 2.45) is 0 Å². The summed E-state index contributed by atoms with van der Waals surface area (Å²) in [7, 11) is 0. The number of hydrogen-bond donors (Lipinski definition) is 1. The van der Waals surface area contributed by atoms with Crippen LogP contribution in [0.2, 0.25) is 0 Å². The van der Waals surface area contributed by atoms with Crippen LogP contribution in [0.5, 0.6) is 0 Å². The van der Waals surface area contributed by atoms with E-state index in [1.807, 2.05) is 11.8 Å². The van der Waals surface area contributed by atoms with E-state index in [0.29, 0.717) is 50.2 Å². The normalized spacial score (nSPS) is 19.0. The zero-order valence-electron chi connectivity index (χ0n) is 13.3. The largest absolute Gasteiger partial charge is 0.378 e. The number of rotatable bonds is 4. The van der Waals surface area contributed by atoms with Crippen molar-refractivity contribution < 1.29 is 9.66 Å². The maximum Gasteiger partial charge on any atom is 0.332 e. The second-order valence-electron chi connectivity index (χ2n) is 5.59. The molecule has 2 saturated heterocycles. The Morgan fingerprint density at radius 2 is 1.87 bits per heavy atom. The highest BCUT2D eigenvalue weighted by atomic mass is 16.6. The van der Waals surface area contributed by atoms with Gasteiger partial charge in [0.2, 0.25) is 11.8 Å². The van der Waals surface area contributed by atoms with Gasteiger partial charge in [0.1, 0.15) is 5.69 Å². The number of nitro groups is 1. The first kappa shape index (κ1) is 15.9. The van der Waals surface area contributed by atoms with Crippen LogP contribution in [0.25, 0.3) is 0 Å². The van der Waals surface area contributed by atoms with Crippen LogP contribution < -0.4 is 15.1 Å². The molecule has 0 saturated carbocycles. The molecule has 126 valence electrons. The van der Waals surface area contributed by atoms with Crippen LogP contribution in [-0.4, -0.2) is 67.4 Å². The molecule has 0 amide bonds. The summed E-state index contributed by atoms with van der Waals surface area (Å²) in [6, 6.07) is 0. The molecule has 2 aliphatic heterocycles. The zero-order valence-corrected chi connectivity index (χ0v) is 13.3. The van der Waals surface area contributed by atoms with Crippen LogP contribution in [0.15, 0.2) is 0 Å². The zero-order chi connectivity index (χ0) is 16.2. The molecule has 2 aliphatic rings. The van der Waals surface area contributed by atoms with Gasteiger partial charge in [-0.05, 0) is 6.42 Å². The molecule has 0 radical (unpaired) electrons. The van der Waals surface area contributed by atoms with Gasteiger partial charge in [-0.25, -0.2) is 4.98 Å². The lowest BCUT2D eigenvalue weighted by atomic mass is 10.2. The van der Waals surface area contributed by atoms with Crippen molar-refractivity contribution >= 4 is 17.5 Å². The van der Waals surface area contributed by atoms with Crippen molar-refractivity contribution in [2.45, 2.75) is 13.3 Å². The number of aromatic nitrogens is 2. The van der Waals surface area contributed by atoms with Gasteiger partial charge in [-0.2, -0.15) is 4.98 Å². The smallest absolute Gasteiger partial charge is 0.332 e. The topological polar surface area (TPSA) is 96.7 Å². The number of hydrogen-bond acceptors (Lipinski definition) is 8. The van der Waals surface area contributed by atoms with Gasteiger partial charge in [0.05, 0.1) is 18.1 Å². The van der Waals surface area contributed by atoms with Gasteiger partial charge in [0.25, 0.3) is 0 Å². The van der Waals surface area contributed by atoms with E-state index in [2.05, 4.69) is 20.2 Å². The van der Waals surface area contributed by atoms with Crippen LogP contribution >= 0.6 is 0 Å². The molecular weight excluding hydrogens is 300 g/mol. The summed E-state index contributed by atoms with van der Waals surface area (Å²) in [4.78, 5) is 24.3. The first-order chi connectivity index (χ1) is 11.2. The van der Waals surface area contributed by atoms with Crippen LogP contribution in [-0.2, 0) is 11.2 Å². The van der Waals surface area contributed by atoms with Gasteiger partial charge in [-0.3, -0.25) is 10.1 Å². The van der Waals surface area contributed by atoms with E-state index in [0.717, 1.165) is 26.2 Å². The minimum atomic E-state index is -0.356. The molecule has 3 rings (SSSR count). The Labute approximate surface area is 134 Å². The van der Waals surface area contributed by atoms with Crippen molar-refractivity contribution in [3.63, 3.8) is 0 Å². The Balaban J connectivity index is 2.03. The van der Waals surface area contributed by atoms with Crippen molar-refractivity contribution in [2.75, 3.05) is 62.3 Å². The highest BCUT2D eigenvalue weighted by molar-refractivity contribution is 5.63. The lowest BCUT2D eigenvalue weighted by molar-refractivity contribution is -0.385. The average molecular weight is 322 g/mol. The second-order valence-corrected chi connectivity index (χ2v) is 5.59. The van der Waals surface area contributed by atoms with E-state index in [1.165, 1.54) is 0 Å². The minimum Gasteiger partial charge on any atom is -0.378 e. The molecule has 9 nitrogen and oxygen atoms in total. The van der Waals surface area contributed by atoms with E-state index >= 15 is 0 Å². The molecule has 0 atom stereocenters. The number of piperazine rings is 1. The van der Waals surface area contributed by atoms with Crippen molar-refractivity contribution in [1.82, 2.24) is 15.3 Å². The number of nitrogens with zero attached hydrogens (tertiary/aromatic N) is 5. The maximum absolute atomic E-state index is 11.6. The Hall–Kier alpha value is -2.00. The summed E-state index contributed by atoms with van der Waals surface area (Å²) < 4.78 is 5.35. The Kier molecular flexibility index (Phi) is 4.87. The van der Waals surface area contributed by atoms with Crippen LogP contribution in [0.1, 0.15) is 12.6 Å². The highest BCUT2D eigenvalue weighted by Crippen LogP contribution is 2.32. The van der Waals surface area contributed by atoms with Crippen LogP contribution in [0, 0.1) is 10.1 Å². The Bertz CT molecular complexity index is 570. The van der Waals surface area contributed by atoms with Gasteiger partial charge in [0, 0.05) is 39.3 Å². The van der Waals surface area contributed by atoms with E-state index in [1.54, 1.807) is 0 Å². The highest BCUT2D eigenvalue weighted by Gasteiger charge is 2.30. The van der Waals surface area contributed by atoms with Crippen LogP contribution in [0.3, 0.4) is 0 Å². The quantitative estimate of drug-likeness (QED) is 0.620. The standard InChI is InChI=1S/C14H22N6O3/c1-2-11-12(20(21)22)13(18-7-9-23-10-8-18)17-14(16-11)19-5-3-15-4-6-19/h15H,2-10H2,1H3. The number of nitrogens with one attached hydrogen (secondary N) is 1. The summed E-state index contributed by atoms with van der Waals surface area (Å²) >= 11 is 0. The fourth-order valence-corrected chi connectivity index (χ4v) is 2.91. The molecule has 1 aromatic heterocycles. The van der Waals surface area contributed by atoms with Gasteiger partial charge in [-0.1, -0.05) is 6.92 Å². The summed E-state index contributed by atoms with van der Waals surface area (Å²) in [5.41, 5.74) is 0.535. The van der Waals surface area contributed by atoms with Crippen molar-refractivity contribution in [3.8, 4) is 0 Å². The minimum absolute atomic E-state index is 0.0354. The summed E-state index contributed by atoms with van der Waals surface area (Å²) in [5, 5.41) is 14.9. The molecule has 2 fully saturated rings. The van der Waals surface area contributed by atoms with E-state index in [-0.39, 0.29) is 10.6 Å². The predicted octanol–water partition coefficient (Wildman–Crippen LogP) is 0.193. The van der Waals surface area contributed by atoms with Gasteiger partial charge in [0.15, 0.2) is 0 Å². The third-order valence-corrected chi connectivity index (χ3v) is 4.15. The molecule has 3 heterocycles. The third-order valence-electron chi connectivity index (χ3n) is 4.15. The average Bonchev–Trinajstić information content (AvgIpc) is 2.62. The molecular formula is C14H22N6O3. The van der Waals surface area contributed by atoms with E-state index < -0.39 is 0 Å². The molecule has 1 N–H and O–H groups in total. The molecule has 23 heavy (non-hydrogen) atoms. The number of ether oxygens (including phenoxy) is 1. The van der Waals surface area contributed by atoms with Gasteiger partial charge >= 0.3 is 5.69 Å². The summed E-state index contributed by atoms with van der Waals surface area (Å²) in [6.45, 7) is 7.59. The summed E-state index contributed by atoms with van der Waals surface area (Å²) in [6.07, 6.45) is 0.509. The predicted molar refractivity (Wildman–Crippen MR) is 86.2 cm³/mol. The molecule has 0 aromatic carbocycles.